The molecule has 0 radical (unpaired) electrons. The second-order valence-electron chi connectivity index (χ2n) is 5.01. The lowest BCUT2D eigenvalue weighted by atomic mass is 10.1. The summed E-state index contributed by atoms with van der Waals surface area (Å²) in [6, 6.07) is 0. The Balaban J connectivity index is 2.35. The summed E-state index contributed by atoms with van der Waals surface area (Å²) in [4.78, 5) is 0. The van der Waals surface area contributed by atoms with Crippen LogP contribution in [-0.4, -0.2) is 24.7 Å². The molecule has 0 aliphatic heterocycles. The van der Waals surface area contributed by atoms with Gasteiger partial charge in [0.05, 0.1) is 28.2 Å². The monoisotopic (exact) mass is 330 g/mol. The summed E-state index contributed by atoms with van der Waals surface area (Å²) >= 11 is 12.6. The number of aliphatic hydroxyl groups excluding tert-OH is 1. The molecule has 5 nitrogen and oxygen atoms in total. The number of rotatable bonds is 5. The Bertz CT molecular complexity index is 648. The van der Waals surface area contributed by atoms with Gasteiger partial charge in [-0.25, -0.2) is 0 Å². The van der Waals surface area contributed by atoms with Gasteiger partial charge in [0.15, 0.2) is 0 Å². The Morgan fingerprint density at radius 3 is 2.38 bits per heavy atom. The molecule has 0 fully saturated rings. The lowest BCUT2D eigenvalue weighted by molar-refractivity contribution is 0.175. The van der Waals surface area contributed by atoms with E-state index in [9.17, 15) is 5.11 Å². The number of aromatic nitrogens is 4. The van der Waals surface area contributed by atoms with Crippen LogP contribution in [0.1, 0.15) is 42.6 Å². The fourth-order valence-electron chi connectivity index (χ4n) is 2.52. The SMILES string of the molecule is CCc1nn(CC)c(CC(O)c2c(C)nn(C)c2Cl)c1Cl. The molecule has 2 aromatic rings. The third kappa shape index (κ3) is 2.96. The van der Waals surface area contributed by atoms with E-state index in [0.29, 0.717) is 28.7 Å². The lowest BCUT2D eigenvalue weighted by Gasteiger charge is -2.12. The van der Waals surface area contributed by atoms with Crippen molar-refractivity contribution in [2.45, 2.75) is 46.3 Å². The van der Waals surface area contributed by atoms with Crippen molar-refractivity contribution in [1.82, 2.24) is 19.6 Å². The van der Waals surface area contributed by atoms with Crippen LogP contribution >= 0.6 is 23.2 Å². The molecule has 2 rings (SSSR count). The van der Waals surface area contributed by atoms with Crippen molar-refractivity contribution in [2.75, 3.05) is 0 Å². The van der Waals surface area contributed by atoms with Gasteiger partial charge >= 0.3 is 0 Å². The summed E-state index contributed by atoms with van der Waals surface area (Å²) in [5.74, 6) is 0. The molecule has 0 aliphatic rings. The van der Waals surface area contributed by atoms with Crippen LogP contribution in [0.15, 0.2) is 0 Å². The van der Waals surface area contributed by atoms with Crippen molar-refractivity contribution in [2.24, 2.45) is 7.05 Å². The predicted molar refractivity (Wildman–Crippen MR) is 83.9 cm³/mol. The normalized spacial score (nSPS) is 12.9. The molecule has 116 valence electrons. The molecule has 0 bridgehead atoms. The van der Waals surface area contributed by atoms with E-state index in [1.54, 1.807) is 11.7 Å². The first-order chi connectivity index (χ1) is 9.90. The number of hydrogen-bond donors (Lipinski definition) is 1. The van der Waals surface area contributed by atoms with E-state index in [1.807, 2.05) is 25.5 Å². The summed E-state index contributed by atoms with van der Waals surface area (Å²) in [6.07, 6.45) is 0.378. The van der Waals surface area contributed by atoms with Crippen LogP contribution in [0.5, 0.6) is 0 Å². The molecular formula is C14H20Cl2N4O. The maximum atomic E-state index is 10.5. The highest BCUT2D eigenvalue weighted by molar-refractivity contribution is 6.32. The van der Waals surface area contributed by atoms with E-state index in [0.717, 1.165) is 23.5 Å². The predicted octanol–water partition coefficient (Wildman–Crippen LogP) is 3.09. The van der Waals surface area contributed by atoms with Gasteiger partial charge in [0, 0.05) is 25.6 Å². The molecule has 0 aromatic carbocycles. The van der Waals surface area contributed by atoms with Crippen molar-refractivity contribution in [3.63, 3.8) is 0 Å². The Morgan fingerprint density at radius 2 is 1.90 bits per heavy atom. The van der Waals surface area contributed by atoms with Gasteiger partial charge in [-0.1, -0.05) is 30.1 Å². The minimum atomic E-state index is -0.754. The van der Waals surface area contributed by atoms with Crippen LogP contribution in [0, 0.1) is 6.92 Å². The molecule has 2 heterocycles. The minimum absolute atomic E-state index is 0.367. The van der Waals surface area contributed by atoms with Gasteiger partial charge in [-0.15, -0.1) is 0 Å². The van der Waals surface area contributed by atoms with E-state index in [-0.39, 0.29) is 0 Å². The van der Waals surface area contributed by atoms with Crippen molar-refractivity contribution in [3.05, 3.63) is 32.8 Å². The first kappa shape index (κ1) is 16.3. The zero-order valence-corrected chi connectivity index (χ0v) is 14.2. The minimum Gasteiger partial charge on any atom is -0.388 e. The molecule has 1 unspecified atom stereocenters. The maximum Gasteiger partial charge on any atom is 0.132 e. The van der Waals surface area contributed by atoms with Crippen molar-refractivity contribution in [3.8, 4) is 0 Å². The van der Waals surface area contributed by atoms with Crippen molar-refractivity contribution >= 4 is 23.2 Å². The fourth-order valence-corrected chi connectivity index (χ4v) is 3.17. The van der Waals surface area contributed by atoms with Crippen LogP contribution in [0.4, 0.5) is 0 Å². The Kier molecular flexibility index (Phi) is 4.96. The molecule has 1 N–H and O–H groups in total. The second-order valence-corrected chi connectivity index (χ2v) is 5.75. The quantitative estimate of drug-likeness (QED) is 0.916. The average molecular weight is 331 g/mol. The largest absolute Gasteiger partial charge is 0.388 e. The van der Waals surface area contributed by atoms with Gasteiger partial charge in [0.1, 0.15) is 5.15 Å². The zero-order valence-electron chi connectivity index (χ0n) is 12.7. The molecule has 0 amide bonds. The van der Waals surface area contributed by atoms with Gasteiger partial charge in [0.2, 0.25) is 0 Å². The summed E-state index contributed by atoms with van der Waals surface area (Å²) in [5, 5.41) is 20.3. The molecular weight excluding hydrogens is 311 g/mol. The average Bonchev–Trinajstić information content (AvgIpc) is 2.88. The third-order valence-corrected chi connectivity index (χ3v) is 4.49. The molecule has 0 spiro atoms. The fraction of sp³-hybridized carbons (Fsp3) is 0.571. The molecule has 0 aliphatic carbocycles. The van der Waals surface area contributed by atoms with Crippen molar-refractivity contribution < 1.29 is 5.11 Å². The molecule has 0 saturated carbocycles. The molecule has 1 atom stereocenters. The summed E-state index contributed by atoms with van der Waals surface area (Å²) in [6.45, 7) is 6.56. The highest BCUT2D eigenvalue weighted by Gasteiger charge is 2.23. The van der Waals surface area contributed by atoms with Gasteiger partial charge < -0.3 is 5.11 Å². The van der Waals surface area contributed by atoms with Gasteiger partial charge in [-0.3, -0.25) is 9.36 Å². The first-order valence-corrected chi connectivity index (χ1v) is 7.77. The second kappa shape index (κ2) is 6.38. The van der Waals surface area contributed by atoms with Crippen LogP contribution in [0.2, 0.25) is 10.2 Å². The first-order valence-electron chi connectivity index (χ1n) is 7.01. The number of aliphatic hydroxyl groups is 1. The highest BCUT2D eigenvalue weighted by atomic mass is 35.5. The number of halogens is 2. The maximum absolute atomic E-state index is 10.5. The van der Waals surface area contributed by atoms with E-state index >= 15 is 0 Å². The summed E-state index contributed by atoms with van der Waals surface area (Å²) in [5.41, 5.74) is 3.07. The van der Waals surface area contributed by atoms with Crippen LogP contribution in [-0.2, 0) is 26.4 Å². The van der Waals surface area contributed by atoms with Crippen LogP contribution in [0.3, 0.4) is 0 Å². The van der Waals surface area contributed by atoms with Gasteiger partial charge in [-0.05, 0) is 20.3 Å². The molecule has 2 aromatic heterocycles. The third-order valence-electron chi connectivity index (χ3n) is 3.61. The lowest BCUT2D eigenvalue weighted by Crippen LogP contribution is -2.09. The topological polar surface area (TPSA) is 55.9 Å². The van der Waals surface area contributed by atoms with E-state index in [1.165, 1.54) is 0 Å². The van der Waals surface area contributed by atoms with E-state index < -0.39 is 6.10 Å². The number of hydrogen-bond acceptors (Lipinski definition) is 3. The molecule has 0 saturated heterocycles. The smallest absolute Gasteiger partial charge is 0.132 e. The Hall–Kier alpha value is -1.04. The zero-order chi connectivity index (χ0) is 15.7. The molecule has 21 heavy (non-hydrogen) atoms. The van der Waals surface area contributed by atoms with Crippen molar-refractivity contribution in [1.29, 1.82) is 0 Å². The van der Waals surface area contributed by atoms with Crippen LogP contribution in [0.25, 0.3) is 0 Å². The van der Waals surface area contributed by atoms with E-state index in [2.05, 4.69) is 10.2 Å². The van der Waals surface area contributed by atoms with Crippen LogP contribution < -0.4 is 0 Å². The highest BCUT2D eigenvalue weighted by Crippen LogP contribution is 2.31. The number of nitrogens with zero attached hydrogens (tertiary/aromatic N) is 4. The number of aryl methyl sites for hydroxylation is 4. The van der Waals surface area contributed by atoms with E-state index in [4.69, 9.17) is 23.2 Å². The standard InChI is InChI=1S/C14H20Cl2N4O/c1-5-9-13(15)10(20(6-2)18-9)7-11(21)12-8(3)17-19(4)14(12)16/h11,21H,5-7H2,1-4H3. The Labute approximate surface area is 134 Å². The van der Waals surface area contributed by atoms with Gasteiger partial charge in [0.25, 0.3) is 0 Å². The van der Waals surface area contributed by atoms with Gasteiger partial charge in [-0.2, -0.15) is 10.2 Å². The summed E-state index contributed by atoms with van der Waals surface area (Å²) < 4.78 is 3.40. The Morgan fingerprint density at radius 1 is 1.24 bits per heavy atom. The molecule has 7 heteroatoms. The summed E-state index contributed by atoms with van der Waals surface area (Å²) in [7, 11) is 1.75.